The maximum Gasteiger partial charge on any atom is 0.420 e. The number of H-pyrrole nitrogens is 1. The first-order valence-corrected chi connectivity index (χ1v) is 8.66. The van der Waals surface area contributed by atoms with E-state index in [2.05, 4.69) is 20.6 Å². The number of aromatic nitrogens is 4. The lowest BCUT2D eigenvalue weighted by molar-refractivity contribution is -0.138. The Hall–Kier alpha value is -2.85. The summed E-state index contributed by atoms with van der Waals surface area (Å²) in [7, 11) is 3.45. The third-order valence-corrected chi connectivity index (χ3v) is 5.26. The highest BCUT2D eigenvalue weighted by molar-refractivity contribution is 5.94. The third kappa shape index (κ3) is 3.36. The Kier molecular flexibility index (Phi) is 4.94. The number of carbonyl (C=O) groups is 2. The van der Waals surface area contributed by atoms with E-state index in [0.29, 0.717) is 0 Å². The van der Waals surface area contributed by atoms with Crippen LogP contribution in [0.4, 0.5) is 13.2 Å². The molecule has 0 aliphatic carbocycles. The molecule has 2 atom stereocenters. The highest BCUT2D eigenvalue weighted by atomic mass is 19.4. The van der Waals surface area contributed by atoms with Crippen molar-refractivity contribution in [3.8, 4) is 0 Å². The molecule has 11 heteroatoms. The summed E-state index contributed by atoms with van der Waals surface area (Å²) in [5.41, 5.74) is -0.273. The van der Waals surface area contributed by atoms with Gasteiger partial charge in [-0.3, -0.25) is 19.4 Å². The summed E-state index contributed by atoms with van der Waals surface area (Å²) in [6.07, 6.45) is -2.84. The molecule has 8 nitrogen and oxygen atoms in total. The average molecular weight is 398 g/mol. The zero-order valence-corrected chi connectivity index (χ0v) is 15.9. The van der Waals surface area contributed by atoms with Gasteiger partial charge in [0, 0.05) is 49.9 Å². The van der Waals surface area contributed by atoms with Crippen LogP contribution in [-0.2, 0) is 18.0 Å². The number of likely N-dealkylation sites (tertiary alicyclic amines) is 1. The second-order valence-corrected chi connectivity index (χ2v) is 7.00. The average Bonchev–Trinajstić information content (AvgIpc) is 3.23. The zero-order chi connectivity index (χ0) is 20.8. The van der Waals surface area contributed by atoms with Crippen LogP contribution in [0.2, 0.25) is 0 Å². The standard InChI is InChI=1S/C17H21F3N6O2/c1-8-13(17(18,19)20)14(24-23-8)16(28)21-6-10-5-12(27)25(3)15(10)11-7-22-26(4)9(11)2/h7,10,15H,5-6H2,1-4H3,(H,21,28)(H,23,24)/t10-,15+/m1/s1. The molecule has 1 fully saturated rings. The van der Waals surface area contributed by atoms with Gasteiger partial charge in [-0.15, -0.1) is 0 Å². The van der Waals surface area contributed by atoms with Crippen LogP contribution in [0.1, 0.15) is 45.5 Å². The van der Waals surface area contributed by atoms with Gasteiger partial charge in [0.25, 0.3) is 5.91 Å². The number of halogens is 3. The van der Waals surface area contributed by atoms with Gasteiger partial charge < -0.3 is 10.2 Å². The Morgan fingerprint density at radius 3 is 2.61 bits per heavy atom. The topological polar surface area (TPSA) is 95.9 Å². The SMILES string of the molecule is Cc1[nH]nc(C(=O)NC[C@H]2CC(=O)N(C)[C@@H]2c2cnn(C)c2C)c1C(F)(F)F. The molecule has 1 saturated heterocycles. The molecule has 3 heterocycles. The normalized spacial score (nSPS) is 20.1. The predicted molar refractivity (Wildman–Crippen MR) is 92.2 cm³/mol. The summed E-state index contributed by atoms with van der Waals surface area (Å²) in [5.74, 6) is -1.32. The number of hydrogen-bond acceptors (Lipinski definition) is 4. The molecule has 0 spiro atoms. The van der Waals surface area contributed by atoms with Crippen LogP contribution in [0.5, 0.6) is 0 Å². The van der Waals surface area contributed by atoms with Crippen molar-refractivity contribution >= 4 is 11.8 Å². The van der Waals surface area contributed by atoms with E-state index in [1.165, 1.54) is 6.92 Å². The number of alkyl halides is 3. The van der Waals surface area contributed by atoms with E-state index in [1.807, 2.05) is 6.92 Å². The Morgan fingerprint density at radius 2 is 2.04 bits per heavy atom. The van der Waals surface area contributed by atoms with Crippen molar-refractivity contribution in [2.24, 2.45) is 13.0 Å². The molecular weight excluding hydrogens is 377 g/mol. The summed E-state index contributed by atoms with van der Waals surface area (Å²) >= 11 is 0. The summed E-state index contributed by atoms with van der Waals surface area (Å²) < 4.78 is 41.2. The summed E-state index contributed by atoms with van der Waals surface area (Å²) in [5, 5.41) is 12.4. The Bertz CT molecular complexity index is 917. The van der Waals surface area contributed by atoms with Crippen molar-refractivity contribution in [2.75, 3.05) is 13.6 Å². The number of nitrogens with one attached hydrogen (secondary N) is 2. The van der Waals surface area contributed by atoms with Gasteiger partial charge in [-0.1, -0.05) is 0 Å². The minimum absolute atomic E-state index is 0.0388. The molecule has 152 valence electrons. The van der Waals surface area contributed by atoms with E-state index in [4.69, 9.17) is 0 Å². The first kappa shape index (κ1) is 19.9. The van der Waals surface area contributed by atoms with Crippen LogP contribution >= 0.6 is 0 Å². The molecule has 28 heavy (non-hydrogen) atoms. The summed E-state index contributed by atoms with van der Waals surface area (Å²) in [6.45, 7) is 3.12. The molecule has 1 aliphatic rings. The van der Waals surface area contributed by atoms with Gasteiger partial charge in [0.05, 0.1) is 12.2 Å². The van der Waals surface area contributed by atoms with Gasteiger partial charge in [0.15, 0.2) is 5.69 Å². The van der Waals surface area contributed by atoms with Gasteiger partial charge in [-0.25, -0.2) is 0 Å². The highest BCUT2D eigenvalue weighted by Crippen LogP contribution is 2.38. The first-order valence-electron chi connectivity index (χ1n) is 8.66. The molecule has 2 aromatic rings. The fraction of sp³-hybridized carbons (Fsp3) is 0.529. The highest BCUT2D eigenvalue weighted by Gasteiger charge is 2.42. The van der Waals surface area contributed by atoms with Crippen LogP contribution in [-0.4, -0.2) is 50.3 Å². The molecule has 0 unspecified atom stereocenters. The molecule has 0 aromatic carbocycles. The fourth-order valence-corrected chi connectivity index (χ4v) is 3.65. The lowest BCUT2D eigenvalue weighted by Gasteiger charge is -2.25. The minimum Gasteiger partial charge on any atom is -0.350 e. The second-order valence-electron chi connectivity index (χ2n) is 7.00. The number of hydrogen-bond donors (Lipinski definition) is 2. The molecule has 1 aliphatic heterocycles. The number of rotatable bonds is 4. The lowest BCUT2D eigenvalue weighted by atomic mass is 9.94. The van der Waals surface area contributed by atoms with E-state index in [1.54, 1.807) is 29.9 Å². The fourth-order valence-electron chi connectivity index (χ4n) is 3.65. The van der Waals surface area contributed by atoms with Gasteiger partial charge in [-0.05, 0) is 13.8 Å². The van der Waals surface area contributed by atoms with Crippen molar-refractivity contribution < 1.29 is 22.8 Å². The number of nitrogens with zero attached hydrogens (tertiary/aromatic N) is 4. The van der Waals surface area contributed by atoms with Crippen molar-refractivity contribution in [3.63, 3.8) is 0 Å². The summed E-state index contributed by atoms with van der Waals surface area (Å²) in [6, 6.07) is -0.315. The van der Waals surface area contributed by atoms with E-state index < -0.39 is 23.3 Å². The Labute approximate surface area is 159 Å². The van der Waals surface area contributed by atoms with Gasteiger partial charge in [0.2, 0.25) is 5.91 Å². The predicted octanol–water partition coefficient (Wildman–Crippen LogP) is 1.73. The molecule has 2 amide bonds. The molecule has 0 saturated carbocycles. The Balaban J connectivity index is 1.79. The van der Waals surface area contributed by atoms with E-state index in [9.17, 15) is 22.8 Å². The van der Waals surface area contributed by atoms with E-state index >= 15 is 0 Å². The van der Waals surface area contributed by atoms with Crippen molar-refractivity contribution in [1.82, 2.24) is 30.2 Å². The molecular formula is C17H21F3N6O2. The van der Waals surface area contributed by atoms with Crippen molar-refractivity contribution in [1.29, 1.82) is 0 Å². The van der Waals surface area contributed by atoms with Gasteiger partial charge >= 0.3 is 6.18 Å². The van der Waals surface area contributed by atoms with Crippen molar-refractivity contribution in [2.45, 2.75) is 32.5 Å². The van der Waals surface area contributed by atoms with E-state index in [-0.39, 0.29) is 36.5 Å². The first-order chi connectivity index (χ1) is 13.0. The van der Waals surface area contributed by atoms with Crippen LogP contribution in [0.25, 0.3) is 0 Å². The van der Waals surface area contributed by atoms with E-state index in [0.717, 1.165) is 11.3 Å². The van der Waals surface area contributed by atoms with Gasteiger partial charge in [0.1, 0.15) is 5.56 Å². The molecule has 2 N–H and O–H groups in total. The maximum absolute atomic E-state index is 13.2. The smallest absolute Gasteiger partial charge is 0.350 e. The monoisotopic (exact) mass is 398 g/mol. The molecule has 2 aromatic heterocycles. The Morgan fingerprint density at radius 1 is 1.36 bits per heavy atom. The minimum atomic E-state index is -4.69. The third-order valence-electron chi connectivity index (χ3n) is 5.26. The molecule has 3 rings (SSSR count). The number of amides is 2. The molecule has 0 radical (unpaired) electrons. The second kappa shape index (κ2) is 6.95. The van der Waals surface area contributed by atoms with Crippen LogP contribution in [0, 0.1) is 19.8 Å². The van der Waals surface area contributed by atoms with Crippen LogP contribution < -0.4 is 5.32 Å². The summed E-state index contributed by atoms with van der Waals surface area (Å²) in [4.78, 5) is 26.1. The maximum atomic E-state index is 13.2. The quantitative estimate of drug-likeness (QED) is 0.820. The van der Waals surface area contributed by atoms with Gasteiger partial charge in [-0.2, -0.15) is 23.4 Å². The largest absolute Gasteiger partial charge is 0.420 e. The molecule has 0 bridgehead atoms. The zero-order valence-electron chi connectivity index (χ0n) is 15.9. The number of aryl methyl sites for hydroxylation is 2. The van der Waals surface area contributed by atoms with Crippen LogP contribution in [0.15, 0.2) is 6.20 Å². The number of aromatic amines is 1. The van der Waals surface area contributed by atoms with Crippen molar-refractivity contribution in [3.05, 3.63) is 34.4 Å². The van der Waals surface area contributed by atoms with Crippen LogP contribution in [0.3, 0.4) is 0 Å². The lowest BCUT2D eigenvalue weighted by Crippen LogP contribution is -2.33. The number of carbonyl (C=O) groups excluding carboxylic acids is 2.